The number of benzene rings is 2. The van der Waals surface area contributed by atoms with Gasteiger partial charge in [-0.05, 0) is 44.0 Å². The van der Waals surface area contributed by atoms with Gasteiger partial charge in [-0.2, -0.15) is 0 Å². The van der Waals surface area contributed by atoms with Gasteiger partial charge in [0.2, 0.25) is 0 Å². The van der Waals surface area contributed by atoms with Crippen LogP contribution < -0.4 is 5.73 Å². The Hall–Kier alpha value is -3.67. The molecule has 0 aliphatic heterocycles. The Labute approximate surface area is 176 Å². The number of hydrogen-bond donors (Lipinski definition) is 1. The molecule has 0 bridgehead atoms. The number of hydrogen-bond acceptors (Lipinski definition) is 5. The van der Waals surface area contributed by atoms with E-state index in [0.29, 0.717) is 12.3 Å². The minimum Gasteiger partial charge on any atom is -0.461 e. The van der Waals surface area contributed by atoms with Crippen molar-refractivity contribution in [2.24, 2.45) is 5.73 Å². The van der Waals surface area contributed by atoms with E-state index in [1.54, 1.807) is 13.0 Å². The van der Waals surface area contributed by atoms with Crippen LogP contribution in [-0.2, 0) is 16.1 Å². The molecule has 3 rings (SSSR count). The zero-order valence-electron chi connectivity index (χ0n) is 17.4. The van der Waals surface area contributed by atoms with Crippen LogP contribution in [0.25, 0.3) is 11.3 Å². The lowest BCUT2D eigenvalue weighted by Gasteiger charge is -2.07. The first-order valence-electron chi connectivity index (χ1n) is 9.58. The Morgan fingerprint density at radius 2 is 1.57 bits per heavy atom. The van der Waals surface area contributed by atoms with Crippen molar-refractivity contribution in [3.63, 3.8) is 0 Å². The highest BCUT2D eigenvalue weighted by Gasteiger charge is 2.11. The lowest BCUT2D eigenvalue weighted by Crippen LogP contribution is -2.12. The number of esters is 1. The van der Waals surface area contributed by atoms with Crippen LogP contribution in [-0.4, -0.2) is 23.7 Å². The molecule has 0 unspecified atom stereocenters. The highest BCUT2D eigenvalue weighted by atomic mass is 16.5. The monoisotopic (exact) mass is 406 g/mol. The molecule has 0 saturated heterocycles. The molecular weight excluding hydrogens is 380 g/mol. The van der Waals surface area contributed by atoms with Crippen LogP contribution in [0.2, 0.25) is 0 Å². The number of carbonyl (C=O) groups is 2. The van der Waals surface area contributed by atoms with E-state index in [0.717, 1.165) is 22.4 Å². The van der Waals surface area contributed by atoms with Gasteiger partial charge in [-0.25, -0.2) is 14.6 Å². The summed E-state index contributed by atoms with van der Waals surface area (Å²) in [4.78, 5) is 26.3. The third kappa shape index (κ3) is 7.39. The van der Waals surface area contributed by atoms with Crippen molar-refractivity contribution in [3.8, 4) is 11.3 Å². The summed E-state index contributed by atoms with van der Waals surface area (Å²) in [5.41, 5.74) is 10.1. The maximum atomic E-state index is 11.7. The van der Waals surface area contributed by atoms with E-state index in [2.05, 4.69) is 9.72 Å². The fourth-order valence-electron chi connectivity index (χ4n) is 2.58. The first kappa shape index (κ1) is 22.6. The summed E-state index contributed by atoms with van der Waals surface area (Å²) < 4.78 is 9.56. The number of pyridine rings is 1. The molecule has 6 heteroatoms. The molecule has 0 saturated carbocycles. The number of aryl methyl sites for hydroxylation is 2. The molecular formula is C24H26N2O4. The standard InChI is InChI=1S/C16H17NO2.C8H9NO2/c1-4-19-16(18)15-10-12(3)9-14(17-15)13-7-5-11(2)6-8-13;9-8(10)11-6-7-4-2-1-3-5-7/h5-10H,4H2,1-3H3;1-5H,6H2,(H2,9,10). The predicted molar refractivity (Wildman–Crippen MR) is 116 cm³/mol. The molecule has 0 atom stereocenters. The van der Waals surface area contributed by atoms with Gasteiger partial charge in [-0.1, -0.05) is 60.2 Å². The first-order chi connectivity index (χ1) is 14.4. The summed E-state index contributed by atoms with van der Waals surface area (Å²) >= 11 is 0. The van der Waals surface area contributed by atoms with Gasteiger partial charge >= 0.3 is 12.1 Å². The average Bonchev–Trinajstić information content (AvgIpc) is 2.74. The van der Waals surface area contributed by atoms with Crippen LogP contribution in [0.4, 0.5) is 4.79 Å². The smallest absolute Gasteiger partial charge is 0.404 e. The summed E-state index contributed by atoms with van der Waals surface area (Å²) in [6.07, 6.45) is -0.742. The molecule has 1 heterocycles. The van der Waals surface area contributed by atoms with Crippen LogP contribution in [0.5, 0.6) is 0 Å². The van der Waals surface area contributed by atoms with Crippen molar-refractivity contribution in [3.05, 3.63) is 89.1 Å². The van der Waals surface area contributed by atoms with Crippen molar-refractivity contribution in [1.82, 2.24) is 4.98 Å². The molecule has 156 valence electrons. The minimum atomic E-state index is -0.742. The Morgan fingerprint density at radius 3 is 2.17 bits per heavy atom. The van der Waals surface area contributed by atoms with E-state index in [-0.39, 0.29) is 12.6 Å². The number of aromatic nitrogens is 1. The predicted octanol–water partition coefficient (Wildman–Crippen LogP) is 4.82. The van der Waals surface area contributed by atoms with Gasteiger partial charge < -0.3 is 15.2 Å². The van der Waals surface area contributed by atoms with Crippen molar-refractivity contribution in [2.45, 2.75) is 27.4 Å². The van der Waals surface area contributed by atoms with Crippen LogP contribution >= 0.6 is 0 Å². The summed E-state index contributed by atoms with van der Waals surface area (Å²) in [7, 11) is 0. The van der Waals surface area contributed by atoms with Gasteiger partial charge in [0.15, 0.2) is 0 Å². The van der Waals surface area contributed by atoms with Crippen LogP contribution in [0.15, 0.2) is 66.7 Å². The van der Waals surface area contributed by atoms with Gasteiger partial charge in [-0.3, -0.25) is 0 Å². The van der Waals surface area contributed by atoms with E-state index in [9.17, 15) is 9.59 Å². The Kier molecular flexibility index (Phi) is 8.56. The molecule has 0 spiro atoms. The summed E-state index contributed by atoms with van der Waals surface area (Å²) in [6, 6.07) is 21.2. The first-order valence-corrected chi connectivity index (χ1v) is 9.58. The third-order valence-electron chi connectivity index (χ3n) is 4.03. The van der Waals surface area contributed by atoms with Gasteiger partial charge in [0.05, 0.1) is 12.3 Å². The summed E-state index contributed by atoms with van der Waals surface area (Å²) in [5.74, 6) is -0.375. The van der Waals surface area contributed by atoms with E-state index >= 15 is 0 Å². The number of nitrogens with two attached hydrogens (primary N) is 1. The second-order valence-electron chi connectivity index (χ2n) is 6.59. The molecule has 6 nitrogen and oxygen atoms in total. The molecule has 1 aromatic heterocycles. The van der Waals surface area contributed by atoms with Crippen molar-refractivity contribution in [2.75, 3.05) is 6.61 Å². The molecule has 2 N–H and O–H groups in total. The number of rotatable bonds is 5. The number of ether oxygens (including phenoxy) is 2. The quantitative estimate of drug-likeness (QED) is 0.613. The fraction of sp³-hybridized carbons (Fsp3) is 0.208. The number of carbonyl (C=O) groups excluding carboxylic acids is 2. The molecule has 30 heavy (non-hydrogen) atoms. The molecule has 1 amide bonds. The van der Waals surface area contributed by atoms with Crippen molar-refractivity contribution < 1.29 is 19.1 Å². The van der Waals surface area contributed by atoms with Gasteiger partial charge in [0.1, 0.15) is 12.3 Å². The van der Waals surface area contributed by atoms with E-state index < -0.39 is 6.09 Å². The molecule has 3 aromatic rings. The lowest BCUT2D eigenvalue weighted by atomic mass is 10.1. The Bertz CT molecular complexity index is 970. The van der Waals surface area contributed by atoms with Gasteiger partial charge in [0.25, 0.3) is 0 Å². The van der Waals surface area contributed by atoms with Crippen LogP contribution in [0.3, 0.4) is 0 Å². The highest BCUT2D eigenvalue weighted by Crippen LogP contribution is 2.20. The number of primary amides is 1. The minimum absolute atomic E-state index is 0.246. The maximum absolute atomic E-state index is 11.7. The maximum Gasteiger partial charge on any atom is 0.404 e. The molecule has 0 radical (unpaired) electrons. The zero-order chi connectivity index (χ0) is 21.9. The molecule has 2 aromatic carbocycles. The normalized spacial score (nSPS) is 9.83. The topological polar surface area (TPSA) is 91.5 Å². The lowest BCUT2D eigenvalue weighted by molar-refractivity contribution is 0.0519. The fourth-order valence-corrected chi connectivity index (χ4v) is 2.58. The molecule has 0 aliphatic rings. The number of amides is 1. The van der Waals surface area contributed by atoms with E-state index in [4.69, 9.17) is 10.5 Å². The largest absolute Gasteiger partial charge is 0.461 e. The van der Waals surface area contributed by atoms with Gasteiger partial charge in [0, 0.05) is 5.56 Å². The second-order valence-corrected chi connectivity index (χ2v) is 6.59. The SMILES string of the molecule is CCOC(=O)c1cc(C)cc(-c2ccc(C)cc2)n1.NC(=O)OCc1ccccc1. The number of nitrogens with zero attached hydrogens (tertiary/aromatic N) is 1. The third-order valence-corrected chi connectivity index (χ3v) is 4.03. The average molecular weight is 406 g/mol. The van der Waals surface area contributed by atoms with E-state index in [1.165, 1.54) is 5.56 Å². The van der Waals surface area contributed by atoms with Gasteiger partial charge in [-0.15, -0.1) is 0 Å². The van der Waals surface area contributed by atoms with Crippen molar-refractivity contribution >= 4 is 12.1 Å². The Balaban J connectivity index is 0.000000248. The van der Waals surface area contributed by atoms with Crippen molar-refractivity contribution in [1.29, 1.82) is 0 Å². The van der Waals surface area contributed by atoms with E-state index in [1.807, 2.05) is 74.5 Å². The molecule has 0 fully saturated rings. The zero-order valence-corrected chi connectivity index (χ0v) is 17.4. The van der Waals surface area contributed by atoms with Crippen LogP contribution in [0.1, 0.15) is 34.1 Å². The molecule has 0 aliphatic carbocycles. The summed E-state index contributed by atoms with van der Waals surface area (Å²) in [6.45, 7) is 6.37. The van der Waals surface area contributed by atoms with Crippen LogP contribution in [0, 0.1) is 13.8 Å². The summed E-state index contributed by atoms with van der Waals surface area (Å²) in [5, 5.41) is 0. The Morgan fingerprint density at radius 1 is 0.900 bits per heavy atom. The second kappa shape index (κ2) is 11.4. The highest BCUT2D eigenvalue weighted by molar-refractivity contribution is 5.88.